The van der Waals surface area contributed by atoms with E-state index in [1.54, 1.807) is 41.2 Å². The fourth-order valence-corrected chi connectivity index (χ4v) is 5.69. The van der Waals surface area contributed by atoms with Gasteiger partial charge in [-0.15, -0.1) is 3.89 Å². The Morgan fingerprint density at radius 2 is 1.81 bits per heavy atom. The fourth-order valence-electron chi connectivity index (χ4n) is 5.38. The topological polar surface area (TPSA) is 110 Å². The molecule has 2 amide bonds. The summed E-state index contributed by atoms with van der Waals surface area (Å²) in [5.74, 6) is -0.534. The van der Waals surface area contributed by atoms with Crippen LogP contribution in [0.1, 0.15) is 58.9 Å². The molecule has 1 aromatic carbocycles. The summed E-state index contributed by atoms with van der Waals surface area (Å²) in [6, 6.07) is 10.4. The maximum Gasteiger partial charge on any atom is 0.267 e. The summed E-state index contributed by atoms with van der Waals surface area (Å²) in [4.78, 5) is 36.5. The van der Waals surface area contributed by atoms with Gasteiger partial charge < -0.3 is 0 Å². The van der Waals surface area contributed by atoms with Crippen LogP contribution in [0.3, 0.4) is 0 Å². The normalized spacial score (nSPS) is 16.6. The summed E-state index contributed by atoms with van der Waals surface area (Å²) in [5, 5.41) is 14.9. The fraction of sp³-hybridized carbons (Fsp3) is 0.280. The Kier molecular flexibility index (Phi) is 5.53. The van der Waals surface area contributed by atoms with Crippen molar-refractivity contribution in [1.82, 2.24) is 23.7 Å². The van der Waals surface area contributed by atoms with Gasteiger partial charge in [0.25, 0.3) is 11.8 Å². The highest BCUT2D eigenvalue weighted by Gasteiger charge is 2.40. The minimum Gasteiger partial charge on any atom is -0.268 e. The van der Waals surface area contributed by atoms with Crippen LogP contribution in [0.25, 0.3) is 22.3 Å². The molecule has 4 heterocycles. The van der Waals surface area contributed by atoms with Crippen molar-refractivity contribution in [3.05, 3.63) is 60.2 Å². The van der Waals surface area contributed by atoms with Crippen molar-refractivity contribution in [1.29, 1.82) is 5.26 Å². The van der Waals surface area contributed by atoms with Crippen LogP contribution in [0.4, 0.5) is 9.70 Å². The Hall–Kier alpha value is -4.04. The second-order valence-electron chi connectivity index (χ2n) is 8.98. The molecule has 4 aromatic rings. The molecule has 3 aromatic heterocycles. The number of hydrogen-bond donors (Lipinski definition) is 0. The first kappa shape index (κ1) is 22.4. The molecular weight excluding hydrogens is 481 g/mol. The lowest BCUT2D eigenvalue weighted by Crippen LogP contribution is -2.30. The number of halogens is 1. The van der Waals surface area contributed by atoms with E-state index in [1.165, 1.54) is 16.5 Å². The van der Waals surface area contributed by atoms with Crippen LogP contribution in [0.15, 0.2) is 49.1 Å². The quantitative estimate of drug-likeness (QED) is 0.337. The van der Waals surface area contributed by atoms with E-state index < -0.39 is 11.8 Å². The van der Waals surface area contributed by atoms with Crippen molar-refractivity contribution in [3.63, 3.8) is 0 Å². The van der Waals surface area contributed by atoms with Gasteiger partial charge in [-0.1, -0.05) is 25.0 Å². The number of hydrogen-bond acceptors (Lipinski definition) is 7. The minimum atomic E-state index is -0.470. The highest BCUT2D eigenvalue weighted by atomic mass is 32.2. The Morgan fingerprint density at radius 3 is 2.47 bits per heavy atom. The Labute approximate surface area is 210 Å². The summed E-state index contributed by atoms with van der Waals surface area (Å²) in [6.07, 6.45) is 9.01. The largest absolute Gasteiger partial charge is 0.268 e. The van der Waals surface area contributed by atoms with E-state index in [2.05, 4.69) is 16.0 Å². The third kappa shape index (κ3) is 3.40. The Morgan fingerprint density at radius 1 is 1.08 bits per heavy atom. The van der Waals surface area contributed by atoms with E-state index in [9.17, 15) is 18.7 Å². The molecule has 2 aliphatic rings. The van der Waals surface area contributed by atoms with Gasteiger partial charge in [-0.25, -0.2) is 18.8 Å². The first-order valence-electron chi connectivity index (χ1n) is 11.7. The first-order valence-corrected chi connectivity index (χ1v) is 12.3. The summed E-state index contributed by atoms with van der Waals surface area (Å²) in [7, 11) is 0. The molecule has 1 saturated carbocycles. The number of anilines is 1. The second kappa shape index (κ2) is 8.87. The Balaban J connectivity index is 1.55. The molecule has 1 fully saturated rings. The van der Waals surface area contributed by atoms with Crippen LogP contribution in [-0.2, 0) is 0 Å². The van der Waals surface area contributed by atoms with Gasteiger partial charge in [0.15, 0.2) is 23.8 Å². The molecule has 0 saturated heterocycles. The molecule has 1 aliphatic heterocycles. The van der Waals surface area contributed by atoms with E-state index in [0.717, 1.165) is 30.6 Å². The number of carbonyl (C=O) groups excluding carboxylic acids is 2. The average molecular weight is 502 g/mol. The zero-order valence-electron chi connectivity index (χ0n) is 19.0. The summed E-state index contributed by atoms with van der Waals surface area (Å²) in [6.45, 7) is 0. The van der Waals surface area contributed by atoms with Crippen LogP contribution < -0.4 is 4.90 Å². The van der Waals surface area contributed by atoms with Crippen molar-refractivity contribution < 1.29 is 13.5 Å². The van der Waals surface area contributed by atoms with Gasteiger partial charge in [0.1, 0.15) is 6.33 Å². The van der Waals surface area contributed by atoms with E-state index in [-0.39, 0.29) is 36.5 Å². The number of amides is 2. The molecule has 36 heavy (non-hydrogen) atoms. The molecule has 9 nitrogen and oxygen atoms in total. The van der Waals surface area contributed by atoms with Crippen molar-refractivity contribution in [3.8, 4) is 17.3 Å². The van der Waals surface area contributed by atoms with Crippen molar-refractivity contribution >= 4 is 41.0 Å². The molecule has 180 valence electrons. The second-order valence-corrected chi connectivity index (χ2v) is 9.51. The molecule has 0 N–H and O–H groups in total. The van der Waals surface area contributed by atoms with Gasteiger partial charge in [0.2, 0.25) is 0 Å². The number of carbonyl (C=O) groups is 2. The number of rotatable bonds is 6. The lowest BCUT2D eigenvalue weighted by atomic mass is 9.96. The smallest absolute Gasteiger partial charge is 0.267 e. The van der Waals surface area contributed by atoms with Gasteiger partial charge in [-0.2, -0.15) is 10.4 Å². The first-order chi connectivity index (χ1) is 17.6. The molecule has 1 aliphatic carbocycles. The van der Waals surface area contributed by atoms with Gasteiger partial charge in [0, 0.05) is 17.8 Å². The molecule has 6 rings (SSSR count). The lowest BCUT2D eigenvalue weighted by molar-refractivity contribution is 0.0924. The van der Waals surface area contributed by atoms with E-state index in [1.807, 2.05) is 0 Å². The van der Waals surface area contributed by atoms with Crippen molar-refractivity contribution in [2.75, 3.05) is 4.90 Å². The van der Waals surface area contributed by atoms with Crippen LogP contribution in [-0.4, -0.2) is 35.5 Å². The van der Waals surface area contributed by atoms with Gasteiger partial charge in [0.05, 0.1) is 40.9 Å². The lowest BCUT2D eigenvalue weighted by Gasteiger charge is -2.21. The van der Waals surface area contributed by atoms with Crippen LogP contribution >= 0.6 is 12.3 Å². The van der Waals surface area contributed by atoms with Crippen LogP contribution in [0.2, 0.25) is 0 Å². The summed E-state index contributed by atoms with van der Waals surface area (Å²) in [5.41, 5.74) is 1.84. The molecule has 1 unspecified atom stereocenters. The zero-order chi connectivity index (χ0) is 24.8. The number of imide groups is 1. The van der Waals surface area contributed by atoms with Crippen molar-refractivity contribution in [2.45, 2.75) is 38.1 Å². The highest BCUT2D eigenvalue weighted by molar-refractivity contribution is 7.92. The highest BCUT2D eigenvalue weighted by Crippen LogP contribution is 2.41. The minimum absolute atomic E-state index is 0.0151. The number of aromatic nitrogens is 5. The third-order valence-corrected chi connectivity index (χ3v) is 7.52. The van der Waals surface area contributed by atoms with Gasteiger partial charge in [-0.3, -0.25) is 14.3 Å². The third-order valence-electron chi connectivity index (χ3n) is 7.08. The number of fused-ring (bicyclic) bond motifs is 2. The van der Waals surface area contributed by atoms with E-state index in [0.29, 0.717) is 33.4 Å². The zero-order valence-corrected chi connectivity index (χ0v) is 19.9. The summed E-state index contributed by atoms with van der Waals surface area (Å²) >= 11 is 0.0151. The molecule has 0 spiro atoms. The SMILES string of the molecule is N#CCC(C1CCCC1)n1cc(-c2ncnc3c2ccn3SF)c(N2C(=O)c3ccccc3C2=O)n1. The van der Waals surface area contributed by atoms with Gasteiger partial charge in [-0.05, 0) is 37.0 Å². The number of nitriles is 1. The number of nitrogens with zero attached hydrogens (tertiary/aromatic N) is 7. The molecule has 1 atom stereocenters. The van der Waals surface area contributed by atoms with E-state index in [4.69, 9.17) is 5.10 Å². The Bertz CT molecular complexity index is 1510. The standard InChI is InChI=1S/C25H20FN7O2S/c26-36-32-12-10-18-21(28-14-29-22(18)32)19-13-31(20(9-11-27)15-5-1-2-6-15)30-23(19)33-24(34)16-7-3-4-8-17(16)25(33)35/h3-4,7-8,10,12-15,20H,1-2,5-6,9H2. The molecular formula is C25H20FN7O2S. The average Bonchev–Trinajstić information content (AvgIpc) is 3.69. The summed E-state index contributed by atoms with van der Waals surface area (Å²) < 4.78 is 16.4. The predicted octanol–water partition coefficient (Wildman–Crippen LogP) is 5.12. The number of benzene rings is 1. The molecule has 0 bridgehead atoms. The van der Waals surface area contributed by atoms with Crippen LogP contribution in [0, 0.1) is 17.2 Å². The monoisotopic (exact) mass is 501 g/mol. The maximum absolute atomic E-state index is 13.4. The van der Waals surface area contributed by atoms with Gasteiger partial charge >= 0.3 is 0 Å². The maximum atomic E-state index is 13.4. The molecule has 11 heteroatoms. The van der Waals surface area contributed by atoms with Crippen LogP contribution in [0.5, 0.6) is 0 Å². The predicted molar refractivity (Wildman–Crippen MR) is 132 cm³/mol. The molecule has 0 radical (unpaired) electrons. The van der Waals surface area contributed by atoms with Crippen molar-refractivity contribution in [2.24, 2.45) is 5.92 Å². The van der Waals surface area contributed by atoms with E-state index >= 15 is 0 Å².